The van der Waals surface area contributed by atoms with Gasteiger partial charge in [-0.15, -0.1) is 0 Å². The van der Waals surface area contributed by atoms with Crippen molar-refractivity contribution in [1.29, 1.82) is 0 Å². The first kappa shape index (κ1) is 20.9. The number of pyridine rings is 1. The molecule has 1 spiro atoms. The summed E-state index contributed by atoms with van der Waals surface area (Å²) in [5.74, 6) is 1.52. The lowest BCUT2D eigenvalue weighted by Crippen LogP contribution is -2.50. The molecule has 178 valence electrons. The molecule has 3 aliphatic heterocycles. The number of rotatable bonds is 2. The van der Waals surface area contributed by atoms with Crippen LogP contribution in [0.3, 0.4) is 0 Å². The Balaban J connectivity index is 1.30. The van der Waals surface area contributed by atoms with Crippen molar-refractivity contribution >= 4 is 17.1 Å². The van der Waals surface area contributed by atoms with Gasteiger partial charge < -0.3 is 19.6 Å². The van der Waals surface area contributed by atoms with Gasteiger partial charge >= 0.3 is 0 Å². The van der Waals surface area contributed by atoms with Crippen LogP contribution in [-0.2, 0) is 28.2 Å². The number of anilines is 1. The number of ether oxygens (including phenoxy) is 2. The molecule has 1 atom stereocenters. The zero-order valence-corrected chi connectivity index (χ0v) is 19.2. The highest BCUT2D eigenvalue weighted by molar-refractivity contribution is 5.77. The van der Waals surface area contributed by atoms with Crippen LogP contribution in [0.4, 0.5) is 5.95 Å². The molecule has 0 aliphatic carbocycles. The van der Waals surface area contributed by atoms with Crippen LogP contribution in [0.25, 0.3) is 22.4 Å². The van der Waals surface area contributed by atoms with Gasteiger partial charge in [-0.3, -0.25) is 4.57 Å². The molecule has 1 unspecified atom stereocenters. The van der Waals surface area contributed by atoms with E-state index in [1.807, 2.05) is 30.6 Å². The number of nitrogens with zero attached hydrogens (tertiary/aromatic N) is 7. The Morgan fingerprint density at radius 3 is 2.46 bits per heavy atom. The lowest BCUT2D eigenvalue weighted by molar-refractivity contribution is -0.0937. The van der Waals surface area contributed by atoms with Gasteiger partial charge in [-0.05, 0) is 23.3 Å². The van der Waals surface area contributed by atoms with Crippen LogP contribution in [0, 0.1) is 0 Å². The number of fused-ring (bicyclic) bond motifs is 6. The van der Waals surface area contributed by atoms with Gasteiger partial charge in [0, 0.05) is 44.1 Å². The molecule has 0 radical (unpaired) electrons. The summed E-state index contributed by atoms with van der Waals surface area (Å²) < 4.78 is 14.3. The minimum atomic E-state index is -0.502. The Kier molecular flexibility index (Phi) is 4.81. The molecule has 0 bridgehead atoms. The normalized spacial score (nSPS) is 22.4. The molecule has 35 heavy (non-hydrogen) atoms. The van der Waals surface area contributed by atoms with E-state index in [0.29, 0.717) is 58.6 Å². The molecule has 1 aromatic carbocycles. The fourth-order valence-electron chi connectivity index (χ4n) is 5.41. The number of hydroxylamine groups is 2. The highest BCUT2D eigenvalue weighted by Gasteiger charge is 2.44. The summed E-state index contributed by atoms with van der Waals surface area (Å²) in [5, 5.41) is 10.9. The number of hydrogen-bond acceptors (Lipinski definition) is 9. The predicted molar refractivity (Wildman–Crippen MR) is 127 cm³/mol. The quantitative estimate of drug-likeness (QED) is 0.471. The van der Waals surface area contributed by atoms with Crippen molar-refractivity contribution in [1.82, 2.24) is 29.6 Å². The Morgan fingerprint density at radius 2 is 1.63 bits per heavy atom. The standard InChI is InChI=1S/C25H25N7O3/c33-31-9-7-30(8-10-31)24-26-11-18(12-27-24)20-5-6-21-23(29-20)32-22(28-21)14-35-16-25(32)15-34-13-17-3-1-2-4-19(17)25/h1-6,11-12,33H,7-10,13-16H2. The average Bonchev–Trinajstić information content (AvgIpc) is 3.29. The van der Waals surface area contributed by atoms with E-state index in [0.717, 1.165) is 28.2 Å². The SMILES string of the molecule is ON1CCN(c2ncc(-c3ccc4nc5n(c4n3)C3(COCc4ccccc43)COC5)cn2)CC1. The maximum atomic E-state index is 9.60. The number of piperazine rings is 1. The molecule has 1 fully saturated rings. The van der Waals surface area contributed by atoms with Crippen molar-refractivity contribution in [2.24, 2.45) is 0 Å². The van der Waals surface area contributed by atoms with Crippen LogP contribution in [0.5, 0.6) is 0 Å². The maximum absolute atomic E-state index is 9.60. The van der Waals surface area contributed by atoms with E-state index in [1.165, 1.54) is 16.2 Å². The molecule has 0 saturated carbocycles. The van der Waals surface area contributed by atoms with E-state index in [2.05, 4.69) is 37.6 Å². The number of aromatic nitrogens is 5. The van der Waals surface area contributed by atoms with Crippen LogP contribution < -0.4 is 4.90 Å². The van der Waals surface area contributed by atoms with E-state index in [4.69, 9.17) is 19.4 Å². The Labute approximate surface area is 201 Å². The molecule has 0 amide bonds. The molecule has 3 aliphatic rings. The third kappa shape index (κ3) is 3.33. The summed E-state index contributed by atoms with van der Waals surface area (Å²) in [4.78, 5) is 21.1. The molecule has 10 nitrogen and oxygen atoms in total. The van der Waals surface area contributed by atoms with Crippen molar-refractivity contribution in [2.75, 3.05) is 44.3 Å². The fraction of sp³-hybridized carbons (Fsp3) is 0.360. The van der Waals surface area contributed by atoms with Gasteiger partial charge in [0.1, 0.15) is 23.5 Å². The summed E-state index contributed by atoms with van der Waals surface area (Å²) in [6.07, 6.45) is 3.63. The smallest absolute Gasteiger partial charge is 0.225 e. The van der Waals surface area contributed by atoms with E-state index >= 15 is 0 Å². The molecule has 1 N–H and O–H groups in total. The molecular weight excluding hydrogens is 446 g/mol. The first-order chi connectivity index (χ1) is 17.2. The highest BCUT2D eigenvalue weighted by atomic mass is 16.5. The van der Waals surface area contributed by atoms with E-state index < -0.39 is 5.54 Å². The van der Waals surface area contributed by atoms with Gasteiger partial charge in [0.2, 0.25) is 5.95 Å². The van der Waals surface area contributed by atoms with Gasteiger partial charge in [0.15, 0.2) is 5.65 Å². The molecule has 4 aromatic rings. The zero-order chi connectivity index (χ0) is 23.4. The zero-order valence-electron chi connectivity index (χ0n) is 19.2. The molecule has 10 heteroatoms. The van der Waals surface area contributed by atoms with E-state index in [9.17, 15) is 5.21 Å². The highest BCUT2D eigenvalue weighted by Crippen LogP contribution is 2.40. The molecule has 1 saturated heterocycles. The van der Waals surface area contributed by atoms with Gasteiger partial charge in [-0.25, -0.2) is 19.9 Å². The second kappa shape index (κ2) is 8.06. The van der Waals surface area contributed by atoms with E-state index in [1.54, 1.807) is 0 Å². The summed E-state index contributed by atoms with van der Waals surface area (Å²) in [7, 11) is 0. The second-order valence-corrected chi connectivity index (χ2v) is 9.29. The van der Waals surface area contributed by atoms with Crippen LogP contribution in [0.15, 0.2) is 48.8 Å². The third-order valence-corrected chi connectivity index (χ3v) is 7.16. The lowest BCUT2D eigenvalue weighted by atomic mass is 9.85. The average molecular weight is 472 g/mol. The summed E-state index contributed by atoms with van der Waals surface area (Å²) in [6, 6.07) is 12.3. The topological polar surface area (TPSA) is 102 Å². The molecule has 3 aromatic heterocycles. The molecule has 6 heterocycles. The van der Waals surface area contributed by atoms with Gasteiger partial charge in [0.25, 0.3) is 0 Å². The van der Waals surface area contributed by atoms with Crippen LogP contribution >= 0.6 is 0 Å². The van der Waals surface area contributed by atoms with Crippen molar-refractivity contribution in [3.05, 3.63) is 65.7 Å². The predicted octanol–water partition coefficient (Wildman–Crippen LogP) is 2.20. The van der Waals surface area contributed by atoms with Crippen LogP contribution in [-0.4, -0.2) is 74.2 Å². The molecular formula is C25H25N7O3. The maximum Gasteiger partial charge on any atom is 0.225 e. The van der Waals surface area contributed by atoms with Crippen LogP contribution in [0.1, 0.15) is 17.0 Å². The summed E-state index contributed by atoms with van der Waals surface area (Å²) in [5.41, 5.74) is 5.14. The summed E-state index contributed by atoms with van der Waals surface area (Å²) >= 11 is 0. The van der Waals surface area contributed by atoms with Crippen LogP contribution in [0.2, 0.25) is 0 Å². The Morgan fingerprint density at radius 1 is 0.857 bits per heavy atom. The van der Waals surface area contributed by atoms with Crippen molar-refractivity contribution in [2.45, 2.75) is 18.8 Å². The monoisotopic (exact) mass is 471 g/mol. The van der Waals surface area contributed by atoms with Gasteiger partial charge in [-0.2, -0.15) is 5.06 Å². The minimum Gasteiger partial charge on any atom is -0.374 e. The minimum absolute atomic E-state index is 0.439. The number of hydrogen-bond donors (Lipinski definition) is 1. The summed E-state index contributed by atoms with van der Waals surface area (Å²) in [6.45, 7) is 4.58. The fourth-order valence-corrected chi connectivity index (χ4v) is 5.41. The first-order valence-electron chi connectivity index (χ1n) is 11.9. The second-order valence-electron chi connectivity index (χ2n) is 9.29. The Bertz CT molecular complexity index is 1390. The number of imidazole rings is 1. The van der Waals surface area contributed by atoms with Gasteiger partial charge in [-0.1, -0.05) is 24.3 Å². The van der Waals surface area contributed by atoms with Crippen molar-refractivity contribution in [3.63, 3.8) is 0 Å². The van der Waals surface area contributed by atoms with E-state index in [-0.39, 0.29) is 0 Å². The Hall–Kier alpha value is -3.44. The number of benzene rings is 1. The van der Waals surface area contributed by atoms with Gasteiger partial charge in [0.05, 0.1) is 25.5 Å². The molecule has 7 rings (SSSR count). The lowest BCUT2D eigenvalue weighted by Gasteiger charge is -2.43. The third-order valence-electron chi connectivity index (χ3n) is 7.16. The largest absolute Gasteiger partial charge is 0.374 e. The van der Waals surface area contributed by atoms with Crippen molar-refractivity contribution in [3.8, 4) is 11.3 Å². The first-order valence-corrected chi connectivity index (χ1v) is 11.9. The van der Waals surface area contributed by atoms with Crippen molar-refractivity contribution < 1.29 is 14.7 Å².